The van der Waals surface area contributed by atoms with E-state index in [-0.39, 0.29) is 36.2 Å². The first-order valence-electron chi connectivity index (χ1n) is 19.1. The van der Waals surface area contributed by atoms with Crippen molar-refractivity contribution in [2.24, 2.45) is 11.7 Å². The first-order chi connectivity index (χ1) is 27.4. The lowest BCUT2D eigenvalue weighted by Crippen LogP contribution is -2.53. The van der Waals surface area contributed by atoms with Crippen LogP contribution in [0.1, 0.15) is 75.9 Å². The normalized spacial score (nSPS) is 18.3. The van der Waals surface area contributed by atoms with Crippen molar-refractivity contribution in [3.05, 3.63) is 89.2 Å². The zero-order chi connectivity index (χ0) is 40.3. The maximum Gasteiger partial charge on any atom is 0.407 e. The lowest BCUT2D eigenvalue weighted by molar-refractivity contribution is -0.155. The van der Waals surface area contributed by atoms with Crippen LogP contribution in [0.2, 0.25) is 0 Å². The Balaban J connectivity index is 1.01. The summed E-state index contributed by atoms with van der Waals surface area (Å²) in [6, 6.07) is 15.0. The number of hydrogen-bond donors (Lipinski definition) is 4. The SMILES string of the molecule is COC(=O)N[C@@H](Cc1cscn1)C(=O)N1CCC[C@H]1c1ncc(-c2ccc(-c3ccc(-c4cnc([C@@H]5CCCN5C(=O)[C@@](C)(OC(N)=O)C(C)C)[nH]4)cc3)cc2)[nH]1. The number of ether oxygens (including phenoxy) is 2. The molecule has 0 unspecified atom stereocenters. The number of aromatic nitrogens is 5. The molecule has 4 amide bonds. The molecule has 2 fully saturated rings. The van der Waals surface area contributed by atoms with E-state index in [0.29, 0.717) is 24.7 Å². The highest BCUT2D eigenvalue weighted by atomic mass is 32.1. The predicted molar refractivity (Wildman–Crippen MR) is 213 cm³/mol. The van der Waals surface area contributed by atoms with Crippen molar-refractivity contribution in [2.75, 3.05) is 20.2 Å². The molecule has 7 rings (SSSR count). The molecule has 2 aliphatic heterocycles. The third kappa shape index (κ3) is 8.26. The summed E-state index contributed by atoms with van der Waals surface area (Å²) >= 11 is 1.44. The summed E-state index contributed by atoms with van der Waals surface area (Å²) in [6.07, 6.45) is 5.30. The fraction of sp³-hybridized carbons (Fsp3) is 0.390. The van der Waals surface area contributed by atoms with Crippen LogP contribution in [0, 0.1) is 5.92 Å². The summed E-state index contributed by atoms with van der Waals surface area (Å²) in [4.78, 5) is 75.3. The second kappa shape index (κ2) is 16.6. The summed E-state index contributed by atoms with van der Waals surface area (Å²) in [5, 5.41) is 4.56. The molecule has 4 atom stereocenters. The molecule has 0 aliphatic carbocycles. The van der Waals surface area contributed by atoms with E-state index in [4.69, 9.17) is 15.2 Å². The number of nitrogens with zero attached hydrogens (tertiary/aromatic N) is 5. The van der Waals surface area contributed by atoms with Crippen LogP contribution in [0.25, 0.3) is 33.6 Å². The van der Waals surface area contributed by atoms with E-state index in [9.17, 15) is 19.2 Å². The fourth-order valence-electron chi connectivity index (χ4n) is 7.65. The van der Waals surface area contributed by atoms with Gasteiger partial charge in [0.15, 0.2) is 5.60 Å². The van der Waals surface area contributed by atoms with Gasteiger partial charge in [-0.05, 0) is 54.9 Å². The molecule has 57 heavy (non-hydrogen) atoms. The number of amides is 4. The Morgan fingerprint density at radius 3 is 1.88 bits per heavy atom. The van der Waals surface area contributed by atoms with Crippen LogP contribution in [0.4, 0.5) is 9.59 Å². The number of H-pyrrole nitrogens is 2. The predicted octanol–water partition coefficient (Wildman–Crippen LogP) is 6.39. The molecule has 3 aromatic heterocycles. The van der Waals surface area contributed by atoms with Gasteiger partial charge in [-0.2, -0.15) is 0 Å². The highest BCUT2D eigenvalue weighted by molar-refractivity contribution is 7.07. The van der Waals surface area contributed by atoms with Crippen LogP contribution in [-0.4, -0.2) is 90.6 Å². The number of likely N-dealkylation sites (tertiary alicyclic amines) is 2. The molecule has 0 radical (unpaired) electrons. The van der Waals surface area contributed by atoms with Gasteiger partial charge in [-0.15, -0.1) is 11.3 Å². The summed E-state index contributed by atoms with van der Waals surface area (Å²) in [6.45, 7) is 6.36. The molecule has 298 valence electrons. The number of primary amides is 1. The molecular weight excluding hydrogens is 747 g/mol. The molecule has 16 heteroatoms. The highest BCUT2D eigenvalue weighted by Crippen LogP contribution is 2.37. The van der Waals surface area contributed by atoms with E-state index < -0.39 is 23.8 Å². The Kier molecular flexibility index (Phi) is 11.4. The van der Waals surface area contributed by atoms with Gasteiger partial charge in [0.1, 0.15) is 17.7 Å². The highest BCUT2D eigenvalue weighted by Gasteiger charge is 2.47. The summed E-state index contributed by atoms with van der Waals surface area (Å²) < 4.78 is 10.2. The van der Waals surface area contributed by atoms with Crippen molar-refractivity contribution in [1.29, 1.82) is 0 Å². The van der Waals surface area contributed by atoms with Gasteiger partial charge in [-0.3, -0.25) is 9.59 Å². The van der Waals surface area contributed by atoms with Crippen molar-refractivity contribution >= 4 is 35.3 Å². The largest absolute Gasteiger partial charge is 0.453 e. The summed E-state index contributed by atoms with van der Waals surface area (Å²) in [5.74, 6) is 0.621. The lowest BCUT2D eigenvalue weighted by atomic mass is 9.90. The summed E-state index contributed by atoms with van der Waals surface area (Å²) in [5.41, 5.74) is 12.0. The van der Waals surface area contributed by atoms with Gasteiger partial charge in [-0.25, -0.2) is 24.5 Å². The Morgan fingerprint density at radius 2 is 1.39 bits per heavy atom. The number of aromatic amines is 2. The molecule has 2 saturated heterocycles. The van der Waals surface area contributed by atoms with Crippen molar-refractivity contribution in [1.82, 2.24) is 40.0 Å². The first kappa shape index (κ1) is 39.2. The number of thiazole rings is 1. The lowest BCUT2D eigenvalue weighted by Gasteiger charge is -2.36. The zero-order valence-electron chi connectivity index (χ0n) is 32.4. The van der Waals surface area contributed by atoms with Gasteiger partial charge in [0.2, 0.25) is 5.91 Å². The van der Waals surface area contributed by atoms with Gasteiger partial charge < -0.3 is 40.3 Å². The third-order valence-corrected chi connectivity index (χ3v) is 11.7. The molecule has 5 heterocycles. The molecule has 2 aliphatic rings. The minimum absolute atomic E-state index is 0.201. The number of alkyl carbamates (subject to hydrolysis) is 1. The number of carbonyl (C=O) groups excluding carboxylic acids is 4. The third-order valence-electron chi connectivity index (χ3n) is 11.1. The van der Waals surface area contributed by atoms with Crippen molar-refractivity contribution in [3.8, 4) is 33.6 Å². The molecule has 0 saturated carbocycles. The van der Waals surface area contributed by atoms with Crippen LogP contribution in [-0.2, 0) is 25.5 Å². The second-order valence-electron chi connectivity index (χ2n) is 14.9. The topological polar surface area (TPSA) is 202 Å². The molecule has 0 bridgehead atoms. The van der Waals surface area contributed by atoms with E-state index in [1.54, 1.807) is 34.6 Å². The average molecular weight is 794 g/mol. The van der Waals surface area contributed by atoms with Crippen LogP contribution in [0.3, 0.4) is 0 Å². The second-order valence-corrected chi connectivity index (χ2v) is 15.6. The van der Waals surface area contributed by atoms with Gasteiger partial charge in [0.05, 0.1) is 54.2 Å². The Labute approximate surface area is 334 Å². The van der Waals surface area contributed by atoms with Gasteiger partial charge in [0.25, 0.3) is 5.91 Å². The van der Waals surface area contributed by atoms with Crippen molar-refractivity contribution in [2.45, 2.75) is 76.6 Å². The number of benzene rings is 2. The molecule has 5 aromatic rings. The summed E-state index contributed by atoms with van der Waals surface area (Å²) in [7, 11) is 1.28. The van der Waals surface area contributed by atoms with E-state index in [2.05, 4.69) is 54.5 Å². The van der Waals surface area contributed by atoms with Gasteiger partial charge in [-0.1, -0.05) is 62.4 Å². The number of rotatable bonds is 12. The zero-order valence-corrected chi connectivity index (χ0v) is 33.2. The maximum atomic E-state index is 13.8. The standard InChI is InChI=1S/C41H47N9O6S/c1-24(2)41(3,56-39(42)53)38(52)50-18-6-8-34(50)36-44-21-32(47-36)28-15-11-26(12-16-28)25-9-13-27(14-10-25)31-20-43-35(46-31)33-7-5-17-49(33)37(51)30(48-40(54)55-4)19-29-22-57-23-45-29/h9-16,20-24,30,33-34H,5-8,17-19H2,1-4H3,(H2,42,53)(H,43,46)(H,44,47)(H,48,54)/t30-,33-,34-,41-/m0/s1. The molecular formula is C41H47N9O6S. The van der Waals surface area contributed by atoms with Gasteiger partial charge in [0, 0.05) is 30.8 Å². The Hall–Kier alpha value is -6.03. The minimum atomic E-state index is -1.38. The van der Waals surface area contributed by atoms with Crippen LogP contribution < -0.4 is 11.1 Å². The van der Waals surface area contributed by atoms with E-state index in [1.165, 1.54) is 18.4 Å². The average Bonchev–Trinajstić information content (AvgIpc) is 4.06. The Bertz CT molecular complexity index is 2200. The quantitative estimate of drug-likeness (QED) is 0.110. The van der Waals surface area contributed by atoms with Crippen LogP contribution in [0.15, 0.2) is 71.8 Å². The number of hydrogen-bond acceptors (Lipinski definition) is 10. The van der Waals surface area contributed by atoms with Crippen LogP contribution in [0.5, 0.6) is 0 Å². The van der Waals surface area contributed by atoms with E-state index in [1.807, 2.05) is 43.5 Å². The number of imidazole rings is 2. The smallest absolute Gasteiger partial charge is 0.407 e. The molecule has 0 spiro atoms. The van der Waals surface area contributed by atoms with Crippen molar-refractivity contribution < 1.29 is 28.7 Å². The molecule has 15 nitrogen and oxygen atoms in total. The van der Waals surface area contributed by atoms with E-state index >= 15 is 0 Å². The van der Waals surface area contributed by atoms with E-state index in [0.717, 1.165) is 65.0 Å². The van der Waals surface area contributed by atoms with Crippen LogP contribution >= 0.6 is 11.3 Å². The number of nitrogens with one attached hydrogen (secondary N) is 3. The fourth-order valence-corrected chi connectivity index (χ4v) is 8.22. The minimum Gasteiger partial charge on any atom is -0.453 e. The monoisotopic (exact) mass is 793 g/mol. The number of nitrogens with two attached hydrogens (primary N) is 1. The maximum absolute atomic E-state index is 13.8. The molecule has 5 N–H and O–H groups in total. The number of methoxy groups -OCH3 is 1. The first-order valence-corrected chi connectivity index (χ1v) is 20.0. The Morgan fingerprint density at radius 1 is 0.860 bits per heavy atom. The number of carbonyl (C=O) groups is 4. The van der Waals surface area contributed by atoms with Crippen molar-refractivity contribution in [3.63, 3.8) is 0 Å². The van der Waals surface area contributed by atoms with Gasteiger partial charge >= 0.3 is 12.2 Å². The molecule has 2 aromatic carbocycles.